The van der Waals surface area contributed by atoms with E-state index in [1.807, 2.05) is 19.1 Å². The number of methoxy groups -OCH3 is 1. The number of para-hydroxylation sites is 1. The van der Waals surface area contributed by atoms with Gasteiger partial charge in [0.1, 0.15) is 24.2 Å². The summed E-state index contributed by atoms with van der Waals surface area (Å²) in [7, 11) is -2.69. The molecule has 3 aromatic rings. The van der Waals surface area contributed by atoms with Crippen molar-refractivity contribution in [3.8, 4) is 5.75 Å². The average molecular weight is 582 g/mol. The molecule has 1 aliphatic carbocycles. The molecule has 0 aromatic heterocycles. The predicted octanol–water partition coefficient (Wildman–Crippen LogP) is 4.90. The van der Waals surface area contributed by atoms with Crippen LogP contribution in [0.2, 0.25) is 0 Å². The lowest BCUT2D eigenvalue weighted by atomic mass is 10.1. The molecule has 0 aliphatic heterocycles. The first kappa shape index (κ1) is 30.0. The maximum atomic E-state index is 14.1. The molecular formula is C31H36FN3O5S. The summed E-state index contributed by atoms with van der Waals surface area (Å²) in [5, 5.41) is 3.10. The number of sulfonamides is 1. The van der Waals surface area contributed by atoms with Crippen LogP contribution in [-0.4, -0.2) is 50.9 Å². The Morgan fingerprint density at radius 2 is 1.61 bits per heavy atom. The van der Waals surface area contributed by atoms with E-state index in [2.05, 4.69) is 5.32 Å². The molecule has 0 spiro atoms. The molecule has 1 atom stereocenters. The van der Waals surface area contributed by atoms with Gasteiger partial charge in [0.25, 0.3) is 10.0 Å². The largest absolute Gasteiger partial charge is 0.497 e. The smallest absolute Gasteiger partial charge is 0.264 e. The number of nitrogens with zero attached hydrogens (tertiary/aromatic N) is 2. The van der Waals surface area contributed by atoms with Crippen molar-refractivity contribution >= 4 is 27.5 Å². The zero-order valence-electron chi connectivity index (χ0n) is 23.3. The fourth-order valence-electron chi connectivity index (χ4n) is 5.07. The number of ether oxygens (including phenoxy) is 1. The quantitative estimate of drug-likeness (QED) is 0.329. The number of carbonyl (C=O) groups is 2. The molecule has 1 aliphatic rings. The van der Waals surface area contributed by atoms with Gasteiger partial charge >= 0.3 is 0 Å². The first-order valence-electron chi connectivity index (χ1n) is 13.8. The van der Waals surface area contributed by atoms with E-state index in [0.717, 1.165) is 47.7 Å². The molecule has 0 unspecified atom stereocenters. The number of hydrogen-bond acceptors (Lipinski definition) is 5. The van der Waals surface area contributed by atoms with Crippen molar-refractivity contribution in [3.05, 3.63) is 90.2 Å². The topological polar surface area (TPSA) is 96.0 Å². The summed E-state index contributed by atoms with van der Waals surface area (Å²) in [6.45, 7) is 1.38. The van der Waals surface area contributed by atoms with Gasteiger partial charge in [-0.15, -0.1) is 0 Å². The number of carbonyl (C=O) groups excluding carboxylic acids is 2. The van der Waals surface area contributed by atoms with Crippen LogP contribution in [0.5, 0.6) is 5.75 Å². The van der Waals surface area contributed by atoms with E-state index < -0.39 is 34.3 Å². The van der Waals surface area contributed by atoms with E-state index in [4.69, 9.17) is 4.74 Å². The molecule has 41 heavy (non-hydrogen) atoms. The number of nitrogens with one attached hydrogen (secondary N) is 1. The Labute approximate surface area is 241 Å². The van der Waals surface area contributed by atoms with Crippen LogP contribution < -0.4 is 14.4 Å². The van der Waals surface area contributed by atoms with Gasteiger partial charge in [-0.25, -0.2) is 12.8 Å². The summed E-state index contributed by atoms with van der Waals surface area (Å²) in [6.07, 6.45) is 4.22. The van der Waals surface area contributed by atoms with Crippen LogP contribution >= 0.6 is 0 Å². The number of amides is 2. The zero-order valence-corrected chi connectivity index (χ0v) is 24.1. The van der Waals surface area contributed by atoms with E-state index in [0.29, 0.717) is 12.2 Å². The summed E-state index contributed by atoms with van der Waals surface area (Å²) in [4.78, 5) is 28.9. The third-order valence-corrected chi connectivity index (χ3v) is 9.11. The van der Waals surface area contributed by atoms with Crippen LogP contribution in [0.25, 0.3) is 0 Å². The summed E-state index contributed by atoms with van der Waals surface area (Å²) in [6, 6.07) is 19.2. The Balaban J connectivity index is 1.69. The average Bonchev–Trinajstić information content (AvgIpc) is 3.49. The molecule has 1 fully saturated rings. The summed E-state index contributed by atoms with van der Waals surface area (Å²) < 4.78 is 47.4. The van der Waals surface area contributed by atoms with Crippen LogP contribution in [0.15, 0.2) is 83.8 Å². The van der Waals surface area contributed by atoms with Crippen molar-refractivity contribution in [2.75, 3.05) is 18.0 Å². The third-order valence-electron chi connectivity index (χ3n) is 7.32. The maximum Gasteiger partial charge on any atom is 0.264 e. The molecule has 2 amide bonds. The molecule has 218 valence electrons. The van der Waals surface area contributed by atoms with Gasteiger partial charge < -0.3 is 15.0 Å². The molecule has 3 aromatic carbocycles. The highest BCUT2D eigenvalue weighted by Crippen LogP contribution is 2.25. The summed E-state index contributed by atoms with van der Waals surface area (Å²) in [5.41, 5.74) is 1.04. The van der Waals surface area contributed by atoms with Crippen molar-refractivity contribution in [1.29, 1.82) is 0 Å². The highest BCUT2D eigenvalue weighted by Gasteiger charge is 2.34. The second-order valence-electron chi connectivity index (χ2n) is 10.1. The van der Waals surface area contributed by atoms with Gasteiger partial charge in [0, 0.05) is 12.6 Å². The Bertz CT molecular complexity index is 1410. The van der Waals surface area contributed by atoms with E-state index >= 15 is 0 Å². The normalized spacial score (nSPS) is 14.3. The lowest BCUT2D eigenvalue weighted by Gasteiger charge is -2.33. The third kappa shape index (κ3) is 7.43. The van der Waals surface area contributed by atoms with Gasteiger partial charge in [-0.2, -0.15) is 0 Å². The molecule has 0 radical (unpaired) electrons. The van der Waals surface area contributed by atoms with E-state index in [1.165, 1.54) is 17.0 Å². The van der Waals surface area contributed by atoms with Gasteiger partial charge in [0.15, 0.2) is 0 Å². The first-order valence-corrected chi connectivity index (χ1v) is 15.2. The minimum atomic E-state index is -4.25. The predicted molar refractivity (Wildman–Crippen MR) is 155 cm³/mol. The Kier molecular flexibility index (Phi) is 9.99. The molecule has 10 heteroatoms. The van der Waals surface area contributed by atoms with Crippen LogP contribution in [0.3, 0.4) is 0 Å². The second-order valence-corrected chi connectivity index (χ2v) is 11.9. The van der Waals surface area contributed by atoms with Crippen LogP contribution in [0.1, 0.15) is 44.6 Å². The lowest BCUT2D eigenvalue weighted by Crippen LogP contribution is -2.53. The van der Waals surface area contributed by atoms with Crippen LogP contribution in [0, 0.1) is 5.82 Å². The SMILES string of the molecule is CC[C@H](C(=O)NC1CCCC1)N(Cc1ccc(OC)cc1)C(=O)CN(c1ccccc1)S(=O)(=O)c1ccc(F)cc1. The maximum absolute atomic E-state index is 14.1. The summed E-state index contributed by atoms with van der Waals surface area (Å²) >= 11 is 0. The van der Waals surface area contributed by atoms with Crippen molar-refractivity contribution in [2.24, 2.45) is 0 Å². The van der Waals surface area contributed by atoms with Gasteiger partial charge in [-0.05, 0) is 73.4 Å². The van der Waals surface area contributed by atoms with Crippen LogP contribution in [0.4, 0.5) is 10.1 Å². The molecule has 0 bridgehead atoms. The fraction of sp³-hybridized carbons (Fsp3) is 0.355. The lowest BCUT2D eigenvalue weighted by molar-refractivity contribution is -0.140. The molecule has 4 rings (SSSR count). The number of rotatable bonds is 12. The second kappa shape index (κ2) is 13.6. The highest BCUT2D eigenvalue weighted by molar-refractivity contribution is 7.92. The zero-order chi connectivity index (χ0) is 29.4. The van der Waals surface area contributed by atoms with E-state index in [9.17, 15) is 22.4 Å². The summed E-state index contributed by atoms with van der Waals surface area (Å²) in [5.74, 6) is -0.716. The van der Waals surface area contributed by atoms with Gasteiger partial charge in [-0.1, -0.05) is 50.1 Å². The minimum Gasteiger partial charge on any atom is -0.497 e. The number of anilines is 1. The van der Waals surface area contributed by atoms with Crippen molar-refractivity contribution in [3.63, 3.8) is 0 Å². The molecule has 0 heterocycles. The van der Waals surface area contributed by atoms with Crippen LogP contribution in [-0.2, 0) is 26.2 Å². The molecule has 8 nitrogen and oxygen atoms in total. The van der Waals surface area contributed by atoms with Crippen molar-refractivity contribution < 1.29 is 27.1 Å². The standard InChI is InChI=1S/C31H36FN3O5S/c1-3-29(31(37)33-25-9-7-8-10-25)34(21-23-13-17-27(40-2)18-14-23)30(36)22-35(26-11-5-4-6-12-26)41(38,39)28-19-15-24(32)16-20-28/h4-6,11-20,25,29H,3,7-10,21-22H2,1-2H3,(H,33,37)/t29-/m1/s1. The monoisotopic (exact) mass is 581 g/mol. The van der Waals surface area contributed by atoms with Gasteiger partial charge in [0.05, 0.1) is 17.7 Å². The van der Waals surface area contributed by atoms with Gasteiger partial charge in [-0.3, -0.25) is 13.9 Å². The Morgan fingerprint density at radius 3 is 2.20 bits per heavy atom. The number of hydrogen-bond donors (Lipinski definition) is 1. The highest BCUT2D eigenvalue weighted by atomic mass is 32.2. The fourth-order valence-corrected chi connectivity index (χ4v) is 6.49. The number of halogens is 1. The van der Waals surface area contributed by atoms with Crippen molar-refractivity contribution in [2.45, 2.75) is 62.6 Å². The molecule has 1 N–H and O–H groups in total. The Hall–Kier alpha value is -3.92. The molecule has 0 saturated heterocycles. The Morgan fingerprint density at radius 1 is 0.976 bits per heavy atom. The molecular weight excluding hydrogens is 545 g/mol. The molecule has 1 saturated carbocycles. The van der Waals surface area contributed by atoms with E-state index in [-0.39, 0.29) is 29.1 Å². The number of benzene rings is 3. The minimum absolute atomic E-state index is 0.0640. The van der Waals surface area contributed by atoms with Crippen molar-refractivity contribution in [1.82, 2.24) is 10.2 Å². The van der Waals surface area contributed by atoms with E-state index in [1.54, 1.807) is 49.6 Å². The first-order chi connectivity index (χ1) is 19.7. The van der Waals surface area contributed by atoms with Gasteiger partial charge in [0.2, 0.25) is 11.8 Å².